The summed E-state index contributed by atoms with van der Waals surface area (Å²) in [5.41, 5.74) is 7.73. The number of nitrogens with two attached hydrogens (primary N) is 1. The number of ether oxygens (including phenoxy) is 1. The van der Waals surface area contributed by atoms with Crippen LogP contribution in [-0.2, 0) is 17.5 Å². The van der Waals surface area contributed by atoms with Gasteiger partial charge in [-0.2, -0.15) is 13.2 Å². The molecule has 7 nitrogen and oxygen atoms in total. The summed E-state index contributed by atoms with van der Waals surface area (Å²) in [6.07, 6.45) is -3.08. The number of rotatable bonds is 6. The lowest BCUT2D eigenvalue weighted by atomic mass is 9.95. The molecule has 1 aromatic heterocycles. The van der Waals surface area contributed by atoms with Gasteiger partial charge in [-0.15, -0.1) is 0 Å². The van der Waals surface area contributed by atoms with Crippen LogP contribution in [-0.4, -0.2) is 42.2 Å². The predicted octanol–water partition coefficient (Wildman–Crippen LogP) is 3.95. The van der Waals surface area contributed by atoms with E-state index in [1.807, 2.05) is 11.8 Å². The van der Waals surface area contributed by atoms with Crippen molar-refractivity contribution in [1.82, 2.24) is 15.3 Å². The van der Waals surface area contributed by atoms with Crippen LogP contribution in [0.2, 0.25) is 0 Å². The number of halogens is 3. The van der Waals surface area contributed by atoms with Crippen LogP contribution in [0.4, 0.5) is 19.0 Å². The normalized spacial score (nSPS) is 15.1. The van der Waals surface area contributed by atoms with Crippen LogP contribution >= 0.6 is 0 Å². The van der Waals surface area contributed by atoms with Crippen molar-refractivity contribution in [2.45, 2.75) is 25.7 Å². The maximum Gasteiger partial charge on any atom is 0.416 e. The lowest BCUT2D eigenvalue weighted by molar-refractivity contribution is -0.137. The number of alkyl halides is 3. The van der Waals surface area contributed by atoms with E-state index in [4.69, 9.17) is 10.5 Å². The van der Waals surface area contributed by atoms with Crippen molar-refractivity contribution in [2.24, 2.45) is 5.73 Å². The van der Waals surface area contributed by atoms with Crippen molar-refractivity contribution < 1.29 is 22.7 Å². The highest BCUT2D eigenvalue weighted by Crippen LogP contribution is 2.34. The number of hydrogen-bond donors (Lipinski definition) is 2. The van der Waals surface area contributed by atoms with Gasteiger partial charge >= 0.3 is 6.18 Å². The highest BCUT2D eigenvalue weighted by atomic mass is 19.4. The first kappa shape index (κ1) is 24.6. The van der Waals surface area contributed by atoms with Crippen molar-refractivity contribution in [3.8, 4) is 11.1 Å². The van der Waals surface area contributed by atoms with Crippen LogP contribution < -0.4 is 16.0 Å². The minimum atomic E-state index is -4.44. The van der Waals surface area contributed by atoms with E-state index >= 15 is 0 Å². The van der Waals surface area contributed by atoms with E-state index in [1.54, 1.807) is 30.3 Å². The average molecular weight is 486 g/mol. The summed E-state index contributed by atoms with van der Waals surface area (Å²) in [6, 6.07) is 11.9. The van der Waals surface area contributed by atoms with Crippen molar-refractivity contribution in [1.29, 1.82) is 0 Å². The van der Waals surface area contributed by atoms with E-state index in [0.717, 1.165) is 17.7 Å². The molecule has 3 N–H and O–H groups in total. The molecule has 10 heteroatoms. The second-order valence-corrected chi connectivity index (χ2v) is 8.25. The summed E-state index contributed by atoms with van der Waals surface area (Å²) in [6.45, 7) is 4.54. The van der Waals surface area contributed by atoms with Gasteiger partial charge in [0.1, 0.15) is 17.8 Å². The quantitative estimate of drug-likeness (QED) is 0.549. The van der Waals surface area contributed by atoms with Crippen molar-refractivity contribution in [3.05, 3.63) is 77.2 Å². The molecule has 1 aliphatic heterocycles. The summed E-state index contributed by atoms with van der Waals surface area (Å²) < 4.78 is 44.9. The van der Waals surface area contributed by atoms with Crippen LogP contribution in [0.15, 0.2) is 54.9 Å². The van der Waals surface area contributed by atoms with Gasteiger partial charge in [0.25, 0.3) is 5.91 Å². The molecule has 0 saturated carbocycles. The molecule has 4 rings (SSSR count). The van der Waals surface area contributed by atoms with Gasteiger partial charge in [-0.05, 0) is 41.3 Å². The van der Waals surface area contributed by atoms with Gasteiger partial charge in [0, 0.05) is 25.7 Å². The highest BCUT2D eigenvalue weighted by molar-refractivity contribution is 5.93. The second kappa shape index (κ2) is 10.4. The van der Waals surface area contributed by atoms with E-state index < -0.39 is 11.7 Å². The summed E-state index contributed by atoms with van der Waals surface area (Å²) in [5.74, 6) is 0.323. The average Bonchev–Trinajstić information content (AvgIpc) is 2.88. The highest BCUT2D eigenvalue weighted by Gasteiger charge is 2.31. The molecule has 1 amide bonds. The molecule has 0 spiro atoms. The van der Waals surface area contributed by atoms with Gasteiger partial charge < -0.3 is 20.7 Å². The third-order valence-corrected chi connectivity index (χ3v) is 5.95. The Morgan fingerprint density at radius 3 is 2.49 bits per heavy atom. The number of nitrogens with zero attached hydrogens (tertiary/aromatic N) is 3. The van der Waals surface area contributed by atoms with Crippen LogP contribution in [0.1, 0.15) is 40.1 Å². The van der Waals surface area contributed by atoms with Crippen molar-refractivity contribution in [3.63, 3.8) is 0 Å². The first-order chi connectivity index (χ1) is 16.8. The summed E-state index contributed by atoms with van der Waals surface area (Å²) >= 11 is 0. The molecule has 3 aromatic rings. The molecule has 0 aliphatic carbocycles. The van der Waals surface area contributed by atoms with E-state index in [-0.39, 0.29) is 24.2 Å². The Morgan fingerprint density at radius 1 is 1.11 bits per heavy atom. The molecule has 184 valence electrons. The third-order valence-electron chi connectivity index (χ3n) is 5.95. The molecule has 2 heterocycles. The Kier molecular flexibility index (Phi) is 7.32. The molecular weight excluding hydrogens is 459 g/mol. The minimum Gasteiger partial charge on any atom is -0.378 e. The molecule has 2 aromatic carbocycles. The largest absolute Gasteiger partial charge is 0.416 e. The molecule has 0 bridgehead atoms. The summed E-state index contributed by atoms with van der Waals surface area (Å²) in [5, 5.41) is 2.91. The Morgan fingerprint density at radius 2 is 1.83 bits per heavy atom. The lowest BCUT2D eigenvalue weighted by Crippen LogP contribution is -2.37. The molecule has 0 unspecified atom stereocenters. The van der Waals surface area contributed by atoms with Gasteiger partial charge in [0.2, 0.25) is 0 Å². The monoisotopic (exact) mass is 485 g/mol. The number of benzene rings is 2. The number of carbonyl (C=O) groups excluding carboxylic acids is 1. The van der Waals surface area contributed by atoms with Gasteiger partial charge in [0.15, 0.2) is 0 Å². The zero-order valence-electron chi connectivity index (χ0n) is 19.2. The molecular formula is C25H26F3N5O2. The number of nitrogens with one attached hydrogen (secondary N) is 1. The van der Waals surface area contributed by atoms with Crippen LogP contribution in [0, 0.1) is 0 Å². The number of morpholine rings is 1. The Hall–Kier alpha value is -3.50. The summed E-state index contributed by atoms with van der Waals surface area (Å²) in [4.78, 5) is 23.2. The topological polar surface area (TPSA) is 93.4 Å². The van der Waals surface area contributed by atoms with Crippen LogP contribution in [0.25, 0.3) is 11.1 Å². The Balaban J connectivity index is 1.48. The van der Waals surface area contributed by atoms with E-state index in [1.165, 1.54) is 12.4 Å². The Labute approximate surface area is 201 Å². The minimum absolute atomic E-state index is 0.118. The SMILES string of the molecule is C[C@@H](NC(=O)c1cc(N2CCOCC2)ncn1)c1ccc(-c2cc(C(F)(F)F)ccc2CN)cc1. The van der Waals surface area contributed by atoms with E-state index in [2.05, 4.69) is 15.3 Å². The van der Waals surface area contributed by atoms with Crippen molar-refractivity contribution in [2.75, 3.05) is 31.2 Å². The van der Waals surface area contributed by atoms with Crippen LogP contribution in [0.3, 0.4) is 0 Å². The molecule has 1 saturated heterocycles. The fraction of sp³-hybridized carbons (Fsp3) is 0.320. The number of anilines is 1. The summed E-state index contributed by atoms with van der Waals surface area (Å²) in [7, 11) is 0. The number of carbonyl (C=O) groups is 1. The van der Waals surface area contributed by atoms with Gasteiger partial charge in [0.05, 0.1) is 24.8 Å². The van der Waals surface area contributed by atoms with Crippen LogP contribution in [0.5, 0.6) is 0 Å². The number of hydrogen-bond acceptors (Lipinski definition) is 6. The van der Waals surface area contributed by atoms with Crippen molar-refractivity contribution >= 4 is 11.7 Å². The van der Waals surface area contributed by atoms with Gasteiger partial charge in [-0.25, -0.2) is 9.97 Å². The molecule has 1 fully saturated rings. The van der Waals surface area contributed by atoms with E-state index in [0.29, 0.717) is 48.8 Å². The van der Waals surface area contributed by atoms with Gasteiger partial charge in [-0.1, -0.05) is 30.3 Å². The van der Waals surface area contributed by atoms with E-state index in [9.17, 15) is 18.0 Å². The first-order valence-corrected chi connectivity index (χ1v) is 11.2. The molecule has 35 heavy (non-hydrogen) atoms. The maximum absolute atomic E-state index is 13.2. The standard InChI is InChI=1S/C25H26F3N5O2/c1-16(32-24(34)22-13-23(31-15-30-22)33-8-10-35-11-9-33)17-2-4-18(5-3-17)21-12-20(25(26,27)28)7-6-19(21)14-29/h2-7,12-13,15-16H,8-11,14,29H2,1H3,(H,32,34)/t16-/m1/s1. The molecule has 1 atom stereocenters. The van der Waals surface area contributed by atoms with Gasteiger partial charge in [-0.3, -0.25) is 4.79 Å². The first-order valence-electron chi connectivity index (χ1n) is 11.2. The fourth-order valence-electron chi connectivity index (χ4n) is 3.94. The smallest absolute Gasteiger partial charge is 0.378 e. The third kappa shape index (κ3) is 5.77. The Bertz CT molecular complexity index is 1180. The second-order valence-electron chi connectivity index (χ2n) is 8.25. The number of amides is 1. The molecule has 0 radical (unpaired) electrons. The molecule has 1 aliphatic rings. The zero-order valence-corrected chi connectivity index (χ0v) is 19.2. The predicted molar refractivity (Wildman–Crippen MR) is 126 cm³/mol. The zero-order chi connectivity index (χ0) is 25.0. The number of aromatic nitrogens is 2. The maximum atomic E-state index is 13.2. The lowest BCUT2D eigenvalue weighted by Gasteiger charge is -2.27. The fourth-order valence-corrected chi connectivity index (χ4v) is 3.94.